The van der Waals surface area contributed by atoms with Crippen LogP contribution in [-0.2, 0) is 4.52 Å². The van der Waals surface area contributed by atoms with Crippen molar-refractivity contribution in [1.82, 2.24) is 4.67 Å². The van der Waals surface area contributed by atoms with E-state index in [2.05, 4.69) is 18.3 Å². The Bertz CT molecular complexity index is 128. The van der Waals surface area contributed by atoms with Crippen molar-refractivity contribution in [3.63, 3.8) is 0 Å². The molecule has 0 aromatic carbocycles. The summed E-state index contributed by atoms with van der Waals surface area (Å²) in [7, 11) is -0.211. The highest BCUT2D eigenvalue weighted by Gasteiger charge is 2.40. The standard InChI is InChI=1S/C7H14NOP/c1-6-7-4-3-5-8(7)10(2)9-6/h6-7H,3-5H2,1-2H3/t6-,7+,10-/m0/s1. The monoisotopic (exact) mass is 159 g/mol. The summed E-state index contributed by atoms with van der Waals surface area (Å²) in [5.41, 5.74) is 0. The molecular weight excluding hydrogens is 145 g/mol. The Kier molecular flexibility index (Phi) is 1.71. The second-order valence-electron chi connectivity index (χ2n) is 3.15. The van der Waals surface area contributed by atoms with Crippen LogP contribution in [0.5, 0.6) is 0 Å². The Balaban J connectivity index is 2.11. The van der Waals surface area contributed by atoms with E-state index >= 15 is 0 Å². The van der Waals surface area contributed by atoms with Gasteiger partial charge in [0.2, 0.25) is 0 Å². The highest BCUT2D eigenvalue weighted by Crippen LogP contribution is 2.51. The molecule has 3 heteroatoms. The molecule has 0 aromatic rings. The summed E-state index contributed by atoms with van der Waals surface area (Å²) < 4.78 is 8.26. The normalized spacial score (nSPS) is 48.0. The van der Waals surface area contributed by atoms with Crippen molar-refractivity contribution in [2.24, 2.45) is 0 Å². The Morgan fingerprint density at radius 3 is 3.10 bits per heavy atom. The first-order valence-corrected chi connectivity index (χ1v) is 5.62. The van der Waals surface area contributed by atoms with Gasteiger partial charge in [-0.15, -0.1) is 0 Å². The molecule has 2 rings (SSSR count). The number of hydrogen-bond donors (Lipinski definition) is 0. The van der Waals surface area contributed by atoms with Crippen LogP contribution in [0.25, 0.3) is 0 Å². The second-order valence-corrected chi connectivity index (χ2v) is 4.80. The smallest absolute Gasteiger partial charge is 0.101 e. The molecule has 2 aliphatic heterocycles. The lowest BCUT2D eigenvalue weighted by atomic mass is 10.1. The Morgan fingerprint density at radius 1 is 1.60 bits per heavy atom. The molecule has 58 valence electrons. The van der Waals surface area contributed by atoms with Crippen molar-refractivity contribution < 1.29 is 4.52 Å². The number of rotatable bonds is 0. The number of nitrogens with zero attached hydrogens (tertiary/aromatic N) is 1. The van der Waals surface area contributed by atoms with Crippen LogP contribution in [0.3, 0.4) is 0 Å². The molecule has 2 fully saturated rings. The zero-order valence-corrected chi connectivity index (χ0v) is 7.47. The Morgan fingerprint density at radius 2 is 2.40 bits per heavy atom. The zero-order valence-electron chi connectivity index (χ0n) is 6.58. The molecule has 2 heterocycles. The van der Waals surface area contributed by atoms with E-state index in [1.807, 2.05) is 0 Å². The maximum Gasteiger partial charge on any atom is 0.101 e. The van der Waals surface area contributed by atoms with E-state index in [4.69, 9.17) is 4.52 Å². The lowest BCUT2D eigenvalue weighted by Crippen LogP contribution is -2.25. The molecule has 0 radical (unpaired) electrons. The average Bonchev–Trinajstić information content (AvgIpc) is 2.39. The van der Waals surface area contributed by atoms with Gasteiger partial charge in [0.15, 0.2) is 0 Å². The molecular formula is C7H14NOP. The van der Waals surface area contributed by atoms with E-state index < -0.39 is 0 Å². The molecule has 2 saturated heterocycles. The molecule has 0 spiro atoms. The van der Waals surface area contributed by atoms with E-state index in [-0.39, 0.29) is 8.30 Å². The van der Waals surface area contributed by atoms with Crippen LogP contribution in [0, 0.1) is 0 Å². The summed E-state index contributed by atoms with van der Waals surface area (Å²) in [6, 6.07) is 0.760. The fourth-order valence-electron chi connectivity index (χ4n) is 1.98. The SMILES string of the molecule is C[C@@H]1O[P@@](C)N2CCC[C@H]12. The van der Waals surface area contributed by atoms with Crippen molar-refractivity contribution in [3.8, 4) is 0 Å². The van der Waals surface area contributed by atoms with Crippen molar-refractivity contribution in [3.05, 3.63) is 0 Å². The van der Waals surface area contributed by atoms with Crippen LogP contribution in [0.2, 0.25) is 0 Å². The van der Waals surface area contributed by atoms with Crippen LogP contribution < -0.4 is 0 Å². The molecule has 2 nitrogen and oxygen atoms in total. The summed E-state index contributed by atoms with van der Waals surface area (Å²) in [5, 5.41) is 0. The summed E-state index contributed by atoms with van der Waals surface area (Å²) in [4.78, 5) is 0. The molecule has 0 amide bonds. The molecule has 2 aliphatic rings. The first-order chi connectivity index (χ1) is 4.79. The van der Waals surface area contributed by atoms with Gasteiger partial charge in [-0.3, -0.25) is 4.67 Å². The quantitative estimate of drug-likeness (QED) is 0.500. The van der Waals surface area contributed by atoms with E-state index in [0.717, 1.165) is 6.04 Å². The van der Waals surface area contributed by atoms with Gasteiger partial charge in [-0.2, -0.15) is 0 Å². The minimum atomic E-state index is -0.211. The first-order valence-electron chi connectivity index (χ1n) is 3.96. The predicted molar refractivity (Wildman–Crippen MR) is 43.1 cm³/mol. The predicted octanol–water partition coefficient (Wildman–Crippen LogP) is 1.81. The lowest BCUT2D eigenvalue weighted by Gasteiger charge is -2.16. The molecule has 3 atom stereocenters. The van der Waals surface area contributed by atoms with Crippen LogP contribution in [-0.4, -0.2) is 30.0 Å². The summed E-state index contributed by atoms with van der Waals surface area (Å²) in [5.74, 6) is 0. The summed E-state index contributed by atoms with van der Waals surface area (Å²) in [6.45, 7) is 5.70. The number of fused-ring (bicyclic) bond motifs is 1. The number of hydrogen-bond acceptors (Lipinski definition) is 2. The van der Waals surface area contributed by atoms with Crippen molar-refractivity contribution in [2.45, 2.75) is 31.9 Å². The molecule has 0 aromatic heterocycles. The molecule has 0 N–H and O–H groups in total. The third-order valence-corrected chi connectivity index (χ3v) is 4.35. The molecule has 0 bridgehead atoms. The van der Waals surface area contributed by atoms with E-state index in [0.29, 0.717) is 6.10 Å². The third-order valence-electron chi connectivity index (χ3n) is 2.49. The van der Waals surface area contributed by atoms with Gasteiger partial charge in [-0.1, -0.05) is 0 Å². The third kappa shape index (κ3) is 0.903. The van der Waals surface area contributed by atoms with Crippen LogP contribution in [0.1, 0.15) is 19.8 Å². The molecule has 0 saturated carbocycles. The maximum absolute atomic E-state index is 5.72. The minimum Gasteiger partial charge on any atom is -0.339 e. The van der Waals surface area contributed by atoms with Gasteiger partial charge < -0.3 is 4.52 Å². The second kappa shape index (κ2) is 2.44. The largest absolute Gasteiger partial charge is 0.339 e. The van der Waals surface area contributed by atoms with Gasteiger partial charge in [0.25, 0.3) is 0 Å². The van der Waals surface area contributed by atoms with Gasteiger partial charge in [-0.05, 0) is 26.4 Å². The van der Waals surface area contributed by atoms with E-state index in [1.165, 1.54) is 19.4 Å². The Hall–Kier alpha value is 0.350. The van der Waals surface area contributed by atoms with Crippen molar-refractivity contribution in [1.29, 1.82) is 0 Å². The lowest BCUT2D eigenvalue weighted by molar-refractivity contribution is 0.232. The van der Waals surface area contributed by atoms with Gasteiger partial charge >= 0.3 is 0 Å². The van der Waals surface area contributed by atoms with E-state index in [1.54, 1.807) is 0 Å². The van der Waals surface area contributed by atoms with Gasteiger partial charge in [0.05, 0.1) is 6.10 Å². The van der Waals surface area contributed by atoms with Crippen LogP contribution in [0.15, 0.2) is 0 Å². The molecule has 0 aliphatic carbocycles. The highest BCUT2D eigenvalue weighted by molar-refractivity contribution is 7.49. The van der Waals surface area contributed by atoms with Crippen molar-refractivity contribution >= 4 is 8.30 Å². The molecule has 0 unspecified atom stereocenters. The summed E-state index contributed by atoms with van der Waals surface area (Å²) >= 11 is 0. The van der Waals surface area contributed by atoms with Crippen molar-refractivity contribution in [2.75, 3.05) is 13.2 Å². The highest BCUT2D eigenvalue weighted by atomic mass is 31.2. The topological polar surface area (TPSA) is 12.5 Å². The van der Waals surface area contributed by atoms with Crippen LogP contribution in [0.4, 0.5) is 0 Å². The van der Waals surface area contributed by atoms with Crippen LogP contribution >= 0.6 is 8.30 Å². The van der Waals surface area contributed by atoms with E-state index in [9.17, 15) is 0 Å². The summed E-state index contributed by atoms with van der Waals surface area (Å²) in [6.07, 6.45) is 3.23. The van der Waals surface area contributed by atoms with Gasteiger partial charge in [0.1, 0.15) is 8.30 Å². The average molecular weight is 159 g/mol. The van der Waals surface area contributed by atoms with Gasteiger partial charge in [0, 0.05) is 12.6 Å². The van der Waals surface area contributed by atoms with Gasteiger partial charge in [-0.25, -0.2) is 0 Å². The zero-order chi connectivity index (χ0) is 7.14. The maximum atomic E-state index is 5.72. The molecule has 10 heavy (non-hydrogen) atoms. The fraction of sp³-hybridized carbons (Fsp3) is 1.00. The fourth-order valence-corrected chi connectivity index (χ4v) is 3.86. The minimum absolute atomic E-state index is 0.211. The first kappa shape index (κ1) is 7.02. The Labute approximate surface area is 63.4 Å².